The van der Waals surface area contributed by atoms with E-state index >= 15 is 0 Å². The minimum absolute atomic E-state index is 0.150. The maximum atomic E-state index is 14.1. The number of aryl methyl sites for hydroxylation is 1. The van der Waals surface area contributed by atoms with Crippen LogP contribution < -0.4 is 5.46 Å². The Bertz CT molecular complexity index is 634. The lowest BCUT2D eigenvalue weighted by Crippen LogP contribution is -2.30. The van der Waals surface area contributed by atoms with Gasteiger partial charge in [-0.3, -0.25) is 0 Å². The van der Waals surface area contributed by atoms with Crippen LogP contribution in [0, 0.1) is 17.6 Å². The van der Waals surface area contributed by atoms with Gasteiger partial charge in [0.2, 0.25) is 0 Å². The Kier molecular flexibility index (Phi) is 5.91. The van der Waals surface area contributed by atoms with Crippen LogP contribution in [-0.2, 0) is 6.42 Å². The third-order valence-electron chi connectivity index (χ3n) is 4.23. The molecule has 2 N–H and O–H groups in total. The fourth-order valence-corrected chi connectivity index (χ4v) is 2.47. The molecule has 2 aromatic carbocycles. The monoisotopic (exact) mass is 318 g/mol. The van der Waals surface area contributed by atoms with Crippen LogP contribution in [0.2, 0.25) is 0 Å². The second kappa shape index (κ2) is 7.71. The molecule has 0 radical (unpaired) electrons. The van der Waals surface area contributed by atoms with Crippen molar-refractivity contribution in [2.24, 2.45) is 5.92 Å². The first kappa shape index (κ1) is 17.6. The molecule has 2 nitrogen and oxygen atoms in total. The molecule has 0 amide bonds. The van der Waals surface area contributed by atoms with Crippen molar-refractivity contribution in [3.05, 3.63) is 53.6 Å². The third-order valence-corrected chi connectivity index (χ3v) is 4.23. The Morgan fingerprint density at radius 3 is 2.09 bits per heavy atom. The Morgan fingerprint density at radius 1 is 1.04 bits per heavy atom. The van der Waals surface area contributed by atoms with Gasteiger partial charge in [-0.2, -0.15) is 0 Å². The number of benzene rings is 2. The van der Waals surface area contributed by atoms with Crippen LogP contribution >= 0.6 is 0 Å². The molecule has 23 heavy (non-hydrogen) atoms. The Hall–Kier alpha value is -1.72. The van der Waals surface area contributed by atoms with E-state index in [1.165, 1.54) is 0 Å². The largest absolute Gasteiger partial charge is 0.488 e. The average molecular weight is 318 g/mol. The molecular weight excluding hydrogens is 297 g/mol. The standard InChI is InChI=1S/C18H21BF2O2/c1-3-12(2)4-5-13-6-8-14(9-7-13)18-16(20)10-15(19(22)23)11-17(18)21/h6-12,22-23H,3-5H2,1-2H3. The first-order valence-electron chi connectivity index (χ1n) is 7.86. The second-order valence-corrected chi connectivity index (χ2v) is 5.98. The van der Waals surface area contributed by atoms with E-state index in [9.17, 15) is 8.78 Å². The Balaban J connectivity index is 2.22. The fourth-order valence-electron chi connectivity index (χ4n) is 2.47. The maximum absolute atomic E-state index is 14.1. The van der Waals surface area contributed by atoms with E-state index in [-0.39, 0.29) is 11.0 Å². The van der Waals surface area contributed by atoms with Gasteiger partial charge in [0.1, 0.15) is 11.6 Å². The molecule has 0 saturated heterocycles. The molecule has 0 aliphatic heterocycles. The fraction of sp³-hybridized carbons (Fsp3) is 0.333. The van der Waals surface area contributed by atoms with Crippen molar-refractivity contribution in [3.8, 4) is 11.1 Å². The summed E-state index contributed by atoms with van der Waals surface area (Å²) < 4.78 is 28.2. The molecule has 2 rings (SSSR count). The third kappa shape index (κ3) is 4.39. The van der Waals surface area contributed by atoms with Gasteiger partial charge in [0.15, 0.2) is 0 Å². The molecule has 5 heteroatoms. The summed E-state index contributed by atoms with van der Waals surface area (Å²) in [4.78, 5) is 0. The van der Waals surface area contributed by atoms with Crippen molar-refractivity contribution in [1.82, 2.24) is 0 Å². The first-order chi connectivity index (χ1) is 10.9. The zero-order chi connectivity index (χ0) is 17.0. The van der Waals surface area contributed by atoms with Gasteiger partial charge in [-0.25, -0.2) is 8.78 Å². The van der Waals surface area contributed by atoms with Crippen molar-refractivity contribution in [2.45, 2.75) is 33.1 Å². The molecule has 0 fully saturated rings. The predicted molar refractivity (Wildman–Crippen MR) is 89.4 cm³/mol. The molecule has 2 aromatic rings. The lowest BCUT2D eigenvalue weighted by molar-refractivity contribution is 0.425. The van der Waals surface area contributed by atoms with Gasteiger partial charge in [-0.1, -0.05) is 44.5 Å². The highest BCUT2D eigenvalue weighted by Crippen LogP contribution is 2.26. The summed E-state index contributed by atoms with van der Waals surface area (Å²) in [6.45, 7) is 4.36. The summed E-state index contributed by atoms with van der Waals surface area (Å²) in [7, 11) is -1.89. The molecule has 0 heterocycles. The molecule has 0 aliphatic carbocycles. The van der Waals surface area contributed by atoms with Gasteiger partial charge >= 0.3 is 7.12 Å². The Labute approximate surface area is 135 Å². The van der Waals surface area contributed by atoms with Crippen molar-refractivity contribution in [2.75, 3.05) is 0 Å². The molecule has 0 aromatic heterocycles. The van der Waals surface area contributed by atoms with Gasteiger partial charge in [0.05, 0.1) is 5.56 Å². The zero-order valence-corrected chi connectivity index (χ0v) is 13.4. The average Bonchev–Trinajstić information content (AvgIpc) is 2.52. The number of hydrogen-bond donors (Lipinski definition) is 2. The SMILES string of the molecule is CCC(C)CCc1ccc(-c2c(F)cc(B(O)O)cc2F)cc1. The molecular formula is C18H21BF2O2. The van der Waals surface area contributed by atoms with Crippen LogP contribution in [0.4, 0.5) is 8.78 Å². The van der Waals surface area contributed by atoms with E-state index in [4.69, 9.17) is 10.0 Å². The molecule has 1 atom stereocenters. The summed E-state index contributed by atoms with van der Waals surface area (Å²) in [5.41, 5.74) is 1.22. The minimum Gasteiger partial charge on any atom is -0.423 e. The van der Waals surface area contributed by atoms with Crippen molar-refractivity contribution >= 4 is 12.6 Å². The van der Waals surface area contributed by atoms with Gasteiger partial charge in [0.25, 0.3) is 0 Å². The normalized spacial score (nSPS) is 12.3. The molecule has 122 valence electrons. The van der Waals surface area contributed by atoms with Crippen molar-refractivity contribution < 1.29 is 18.8 Å². The topological polar surface area (TPSA) is 40.5 Å². The first-order valence-corrected chi connectivity index (χ1v) is 7.86. The lowest BCUT2D eigenvalue weighted by atomic mass is 9.79. The number of halogens is 2. The van der Waals surface area contributed by atoms with Crippen LogP contribution in [0.3, 0.4) is 0 Å². The van der Waals surface area contributed by atoms with E-state index in [0.717, 1.165) is 37.0 Å². The molecule has 0 aliphatic rings. The van der Waals surface area contributed by atoms with E-state index in [1.54, 1.807) is 12.1 Å². The van der Waals surface area contributed by atoms with Gasteiger partial charge in [-0.15, -0.1) is 0 Å². The van der Waals surface area contributed by atoms with Crippen LogP contribution in [0.5, 0.6) is 0 Å². The highest BCUT2D eigenvalue weighted by atomic mass is 19.1. The smallest absolute Gasteiger partial charge is 0.423 e. The highest BCUT2D eigenvalue weighted by molar-refractivity contribution is 6.58. The summed E-state index contributed by atoms with van der Waals surface area (Å²) in [6.07, 6.45) is 3.16. The van der Waals surface area contributed by atoms with E-state index in [0.29, 0.717) is 11.5 Å². The Morgan fingerprint density at radius 2 is 1.61 bits per heavy atom. The van der Waals surface area contributed by atoms with Gasteiger partial charge < -0.3 is 10.0 Å². The summed E-state index contributed by atoms with van der Waals surface area (Å²) in [5, 5.41) is 18.0. The van der Waals surface area contributed by atoms with Crippen molar-refractivity contribution in [1.29, 1.82) is 0 Å². The van der Waals surface area contributed by atoms with E-state index in [1.807, 2.05) is 12.1 Å². The molecule has 1 unspecified atom stereocenters. The molecule has 0 spiro atoms. The van der Waals surface area contributed by atoms with Crippen LogP contribution in [0.1, 0.15) is 32.3 Å². The highest BCUT2D eigenvalue weighted by Gasteiger charge is 2.19. The molecule has 0 saturated carbocycles. The maximum Gasteiger partial charge on any atom is 0.488 e. The number of rotatable bonds is 6. The molecule has 0 bridgehead atoms. The summed E-state index contributed by atoms with van der Waals surface area (Å²) in [5.74, 6) is -0.956. The van der Waals surface area contributed by atoms with Crippen molar-refractivity contribution in [3.63, 3.8) is 0 Å². The van der Waals surface area contributed by atoms with Gasteiger partial charge in [0, 0.05) is 0 Å². The van der Waals surface area contributed by atoms with Gasteiger partial charge in [-0.05, 0) is 47.5 Å². The lowest BCUT2D eigenvalue weighted by Gasteiger charge is -2.10. The van der Waals surface area contributed by atoms with Crippen LogP contribution in [-0.4, -0.2) is 17.2 Å². The second-order valence-electron chi connectivity index (χ2n) is 5.98. The van der Waals surface area contributed by atoms with Crippen LogP contribution in [0.25, 0.3) is 11.1 Å². The summed E-state index contributed by atoms with van der Waals surface area (Å²) >= 11 is 0. The predicted octanol–water partition coefficient (Wildman–Crippen LogP) is 3.29. The van der Waals surface area contributed by atoms with E-state index < -0.39 is 18.8 Å². The van der Waals surface area contributed by atoms with Crippen LogP contribution in [0.15, 0.2) is 36.4 Å². The zero-order valence-electron chi connectivity index (χ0n) is 13.4. The quantitative estimate of drug-likeness (QED) is 0.803. The number of hydrogen-bond acceptors (Lipinski definition) is 2. The minimum atomic E-state index is -1.89. The summed E-state index contributed by atoms with van der Waals surface area (Å²) in [6, 6.07) is 9.04. The van der Waals surface area contributed by atoms with E-state index in [2.05, 4.69) is 13.8 Å².